The molecule has 2 aliphatic heterocycles. The van der Waals surface area contributed by atoms with Crippen molar-refractivity contribution in [1.29, 1.82) is 0 Å². The molecule has 1 aliphatic carbocycles. The van der Waals surface area contributed by atoms with Crippen LogP contribution in [0.15, 0.2) is 0 Å². The Morgan fingerprint density at radius 3 is 2.83 bits per heavy atom. The second-order valence-electron chi connectivity index (χ2n) is 7.66. The van der Waals surface area contributed by atoms with Gasteiger partial charge in [-0.3, -0.25) is 0 Å². The van der Waals surface area contributed by atoms with E-state index < -0.39 is 0 Å². The quantitative estimate of drug-likeness (QED) is 0.716. The van der Waals surface area contributed by atoms with Gasteiger partial charge in [0.05, 0.1) is 0 Å². The van der Waals surface area contributed by atoms with Gasteiger partial charge in [0.15, 0.2) is 5.88 Å². The van der Waals surface area contributed by atoms with Crippen molar-refractivity contribution in [3.05, 3.63) is 16.0 Å². The third-order valence-electron chi connectivity index (χ3n) is 6.14. The first-order chi connectivity index (χ1) is 11.7. The fraction of sp³-hybridized carbons (Fsp3) is 0.778. The predicted molar refractivity (Wildman–Crippen MR) is 94.9 cm³/mol. The van der Waals surface area contributed by atoms with Crippen LogP contribution in [0.5, 0.6) is 5.88 Å². The van der Waals surface area contributed by atoms with Crippen LogP contribution < -0.4 is 10.1 Å². The van der Waals surface area contributed by atoms with Crippen LogP contribution in [0.4, 0.5) is 0 Å². The number of rotatable bonds is 2. The second-order valence-corrected chi connectivity index (χ2v) is 8.05. The van der Waals surface area contributed by atoms with E-state index in [1.54, 1.807) is 0 Å². The average Bonchev–Trinajstić information content (AvgIpc) is 2.62. The van der Waals surface area contributed by atoms with Gasteiger partial charge in [0.25, 0.3) is 0 Å². The van der Waals surface area contributed by atoms with Gasteiger partial charge in [-0.05, 0) is 26.2 Å². The largest absolute Gasteiger partial charge is 0.473 e. The number of aliphatic hydroxyl groups excluding tert-OH is 1. The number of H-pyrrole nitrogens is 1. The van der Waals surface area contributed by atoms with Crippen molar-refractivity contribution in [3.63, 3.8) is 0 Å². The summed E-state index contributed by atoms with van der Waals surface area (Å²) in [7, 11) is 0. The van der Waals surface area contributed by atoms with Crippen LogP contribution in [0.1, 0.15) is 56.3 Å². The van der Waals surface area contributed by atoms with E-state index in [4.69, 9.17) is 21.9 Å². The molecule has 1 saturated carbocycles. The van der Waals surface area contributed by atoms with Crippen LogP contribution >= 0.6 is 12.2 Å². The van der Waals surface area contributed by atoms with Crippen LogP contribution in [0.2, 0.25) is 0 Å². The molecule has 4 rings (SSSR count). The van der Waals surface area contributed by atoms with E-state index in [-0.39, 0.29) is 24.7 Å². The molecule has 2 fully saturated rings. The first-order valence-electron chi connectivity index (χ1n) is 9.31. The topological polar surface area (TPSA) is 70.2 Å². The Morgan fingerprint density at radius 1 is 1.29 bits per heavy atom. The molecule has 0 aromatic carbocycles. The van der Waals surface area contributed by atoms with E-state index in [1.807, 2.05) is 0 Å². The Balaban J connectivity index is 1.66. The van der Waals surface area contributed by atoms with Gasteiger partial charge in [-0.2, -0.15) is 0 Å². The molecule has 3 heterocycles. The van der Waals surface area contributed by atoms with Crippen molar-refractivity contribution in [2.24, 2.45) is 11.8 Å². The SMILES string of the molecule is CC1NCC(CO)C2Cc3c([nH]c(C4CCCCC4)nc3=S)OC12. The summed E-state index contributed by atoms with van der Waals surface area (Å²) in [6.07, 6.45) is 7.18. The number of ether oxygens (including phenoxy) is 1. The van der Waals surface area contributed by atoms with Gasteiger partial charge in [0.2, 0.25) is 0 Å². The molecule has 3 N–H and O–H groups in total. The maximum atomic E-state index is 9.70. The normalized spacial score (nSPS) is 33.4. The van der Waals surface area contributed by atoms with Crippen LogP contribution in [0, 0.1) is 16.5 Å². The monoisotopic (exact) mass is 349 g/mol. The lowest BCUT2D eigenvalue weighted by Gasteiger charge is -2.44. The Bertz CT molecular complexity index is 656. The summed E-state index contributed by atoms with van der Waals surface area (Å²) in [4.78, 5) is 8.19. The lowest BCUT2D eigenvalue weighted by Crippen LogP contribution is -2.58. The summed E-state index contributed by atoms with van der Waals surface area (Å²) in [5.74, 6) is 2.83. The number of piperidine rings is 1. The summed E-state index contributed by atoms with van der Waals surface area (Å²) in [5.41, 5.74) is 1.03. The van der Waals surface area contributed by atoms with Crippen LogP contribution in [-0.4, -0.2) is 40.4 Å². The number of hydrogen-bond acceptors (Lipinski definition) is 5. The van der Waals surface area contributed by atoms with Gasteiger partial charge in [0.1, 0.15) is 16.6 Å². The van der Waals surface area contributed by atoms with Gasteiger partial charge >= 0.3 is 0 Å². The summed E-state index contributed by atoms with van der Waals surface area (Å²) < 4.78 is 7.04. The Hall–Kier alpha value is -0.980. The molecular weight excluding hydrogens is 322 g/mol. The molecule has 1 aromatic rings. The van der Waals surface area contributed by atoms with Crippen molar-refractivity contribution in [2.45, 2.75) is 63.5 Å². The Kier molecular flexibility index (Phi) is 4.62. The number of aromatic amines is 1. The summed E-state index contributed by atoms with van der Waals surface area (Å²) >= 11 is 5.60. The molecule has 24 heavy (non-hydrogen) atoms. The maximum Gasteiger partial charge on any atom is 0.198 e. The zero-order valence-corrected chi connectivity index (χ0v) is 15.1. The van der Waals surface area contributed by atoms with Crippen LogP contribution in [0.3, 0.4) is 0 Å². The zero-order chi connectivity index (χ0) is 16.7. The summed E-state index contributed by atoms with van der Waals surface area (Å²) in [6, 6.07) is 0.277. The van der Waals surface area contributed by atoms with E-state index in [0.717, 1.165) is 30.2 Å². The number of fused-ring (bicyclic) bond motifs is 2. The standard InChI is InChI=1S/C18H27N3O2S/c1-10-15-13(12(9-22)8-19-10)7-14-17(23-15)20-16(21-18(14)24)11-5-3-2-4-6-11/h10-13,15,19,22H,2-9H2,1H3,(H,20,21,24). The highest BCUT2D eigenvalue weighted by Gasteiger charge is 2.42. The minimum atomic E-state index is 0.0793. The Labute approximate surface area is 148 Å². The van der Waals surface area contributed by atoms with E-state index in [0.29, 0.717) is 16.5 Å². The highest BCUT2D eigenvalue weighted by atomic mass is 32.1. The molecule has 132 valence electrons. The molecule has 0 spiro atoms. The molecule has 1 saturated heterocycles. The molecule has 0 radical (unpaired) electrons. The second kappa shape index (κ2) is 6.73. The van der Waals surface area contributed by atoms with Crippen molar-refractivity contribution in [3.8, 4) is 5.88 Å². The fourth-order valence-electron chi connectivity index (χ4n) is 4.63. The highest BCUT2D eigenvalue weighted by molar-refractivity contribution is 7.71. The van der Waals surface area contributed by atoms with Crippen molar-refractivity contribution in [2.75, 3.05) is 13.2 Å². The van der Waals surface area contributed by atoms with Gasteiger partial charge < -0.3 is 20.1 Å². The molecule has 5 nitrogen and oxygen atoms in total. The Morgan fingerprint density at radius 2 is 2.08 bits per heavy atom. The zero-order valence-electron chi connectivity index (χ0n) is 14.3. The predicted octanol–water partition coefficient (Wildman–Crippen LogP) is 2.71. The summed E-state index contributed by atoms with van der Waals surface area (Å²) in [6.45, 7) is 3.18. The summed E-state index contributed by atoms with van der Waals surface area (Å²) in [5, 5.41) is 13.2. The van der Waals surface area contributed by atoms with Gasteiger partial charge in [-0.1, -0.05) is 31.5 Å². The highest BCUT2D eigenvalue weighted by Crippen LogP contribution is 2.38. The van der Waals surface area contributed by atoms with Gasteiger partial charge in [0, 0.05) is 42.5 Å². The average molecular weight is 350 g/mol. The molecule has 4 atom stereocenters. The smallest absolute Gasteiger partial charge is 0.198 e. The minimum absolute atomic E-state index is 0.0793. The van der Waals surface area contributed by atoms with E-state index >= 15 is 0 Å². The first kappa shape index (κ1) is 16.5. The molecule has 0 bridgehead atoms. The first-order valence-corrected chi connectivity index (χ1v) is 9.72. The number of aromatic nitrogens is 2. The van der Waals surface area contributed by atoms with Crippen molar-refractivity contribution < 1.29 is 9.84 Å². The van der Waals surface area contributed by atoms with Gasteiger partial charge in [-0.25, -0.2) is 4.98 Å². The van der Waals surface area contributed by atoms with Crippen LogP contribution in [0.25, 0.3) is 0 Å². The minimum Gasteiger partial charge on any atom is -0.473 e. The molecular formula is C18H27N3O2S. The molecule has 3 aliphatic rings. The lowest BCUT2D eigenvalue weighted by atomic mass is 9.76. The van der Waals surface area contributed by atoms with E-state index in [1.165, 1.54) is 32.1 Å². The van der Waals surface area contributed by atoms with Crippen LogP contribution in [-0.2, 0) is 6.42 Å². The van der Waals surface area contributed by atoms with Crippen molar-refractivity contribution in [1.82, 2.24) is 15.3 Å². The fourth-order valence-corrected chi connectivity index (χ4v) is 4.91. The molecule has 6 heteroatoms. The van der Waals surface area contributed by atoms with E-state index in [2.05, 4.69) is 17.2 Å². The number of aliphatic hydroxyl groups is 1. The number of nitrogens with zero attached hydrogens (tertiary/aromatic N) is 1. The maximum absolute atomic E-state index is 9.70. The third-order valence-corrected chi connectivity index (χ3v) is 6.48. The number of nitrogens with one attached hydrogen (secondary N) is 2. The molecule has 1 aromatic heterocycles. The van der Waals surface area contributed by atoms with E-state index in [9.17, 15) is 5.11 Å². The molecule has 0 amide bonds. The third kappa shape index (κ3) is 2.89. The van der Waals surface area contributed by atoms with Gasteiger partial charge in [-0.15, -0.1) is 0 Å². The lowest BCUT2D eigenvalue weighted by molar-refractivity contribution is -0.00313. The molecule has 4 unspecified atom stereocenters. The number of hydrogen-bond donors (Lipinski definition) is 3. The van der Waals surface area contributed by atoms with Crippen molar-refractivity contribution >= 4 is 12.2 Å².